The number of carbonyl (C=O) groups is 4. The van der Waals surface area contributed by atoms with Gasteiger partial charge in [0, 0.05) is 16.0 Å². The third kappa shape index (κ3) is 3.94. The quantitative estimate of drug-likeness (QED) is 0.312. The molecule has 3 fully saturated rings. The summed E-state index contributed by atoms with van der Waals surface area (Å²) < 4.78 is 0. The lowest BCUT2D eigenvalue weighted by Gasteiger charge is -2.44. The Morgan fingerprint density at radius 2 is 1.12 bits per heavy atom. The molecule has 0 unspecified atom stereocenters. The second-order valence-corrected chi connectivity index (χ2v) is 12.0. The van der Waals surface area contributed by atoms with E-state index in [1.807, 2.05) is 6.08 Å². The summed E-state index contributed by atoms with van der Waals surface area (Å²) in [6, 6.07) is 19.8. The second-order valence-electron chi connectivity index (χ2n) is 11.1. The first-order valence-electron chi connectivity index (χ1n) is 13.5. The Labute approximate surface area is 246 Å². The smallest absolute Gasteiger partial charge is 0.238 e. The van der Waals surface area contributed by atoms with Crippen molar-refractivity contribution in [1.29, 1.82) is 0 Å². The van der Waals surface area contributed by atoms with Crippen LogP contribution in [0.2, 0.25) is 10.0 Å². The summed E-state index contributed by atoms with van der Waals surface area (Å²) >= 11 is 12.1. The Kier molecular flexibility index (Phi) is 6.07. The van der Waals surface area contributed by atoms with Crippen LogP contribution in [0.4, 0.5) is 11.4 Å². The predicted octanol–water partition coefficient (Wildman–Crippen LogP) is 5.74. The number of anilines is 2. The van der Waals surface area contributed by atoms with E-state index in [9.17, 15) is 24.3 Å². The molecule has 0 radical (unpaired) electrons. The Morgan fingerprint density at radius 1 is 0.610 bits per heavy atom. The normalized spacial score (nSPS) is 28.9. The van der Waals surface area contributed by atoms with E-state index in [1.54, 1.807) is 72.8 Å². The topological polar surface area (TPSA) is 95.0 Å². The molecule has 0 aromatic heterocycles. The average Bonchev–Trinajstić information content (AvgIpc) is 3.37. The highest BCUT2D eigenvalue weighted by atomic mass is 35.5. The van der Waals surface area contributed by atoms with Crippen molar-refractivity contribution < 1.29 is 24.3 Å². The van der Waals surface area contributed by atoms with E-state index >= 15 is 0 Å². The SMILES string of the molecule is O=C1[C@H]2[C@H](CC=C3[C@H]2C[C@H]2C(=O)N(c4ccc(Cl)cc4)C(=O)[C@H]2[C@H]3c2ccc(O)cc2)C(=O)N1c1ccc(Cl)cc1. The number of fused-ring (bicyclic) bond motifs is 4. The minimum absolute atomic E-state index is 0.0853. The lowest BCUT2D eigenvalue weighted by Crippen LogP contribution is -2.43. The average molecular weight is 587 g/mol. The lowest BCUT2D eigenvalue weighted by molar-refractivity contribution is -0.126. The van der Waals surface area contributed by atoms with Crippen molar-refractivity contribution in [2.45, 2.75) is 18.8 Å². The highest BCUT2D eigenvalue weighted by Gasteiger charge is 2.62. The van der Waals surface area contributed by atoms with E-state index in [-0.39, 0.29) is 35.8 Å². The molecule has 7 nitrogen and oxygen atoms in total. The number of phenols is 1. The van der Waals surface area contributed by atoms with Crippen LogP contribution in [0, 0.1) is 29.6 Å². The van der Waals surface area contributed by atoms with Gasteiger partial charge in [0.2, 0.25) is 23.6 Å². The zero-order valence-electron chi connectivity index (χ0n) is 21.6. The minimum atomic E-state index is -0.679. The van der Waals surface area contributed by atoms with E-state index in [0.717, 1.165) is 11.1 Å². The number of nitrogens with zero attached hydrogens (tertiary/aromatic N) is 2. The van der Waals surface area contributed by atoms with Gasteiger partial charge < -0.3 is 5.11 Å². The fourth-order valence-electron chi connectivity index (χ4n) is 7.33. The van der Waals surface area contributed by atoms with Crippen molar-refractivity contribution in [2.75, 3.05) is 9.80 Å². The maximum absolute atomic E-state index is 14.0. The van der Waals surface area contributed by atoms with Gasteiger partial charge in [0.25, 0.3) is 0 Å². The molecule has 4 amide bonds. The van der Waals surface area contributed by atoms with Gasteiger partial charge in [0.05, 0.1) is 35.0 Å². The van der Waals surface area contributed by atoms with Gasteiger partial charge in [-0.2, -0.15) is 0 Å². The molecular formula is C32H24Cl2N2O5. The molecule has 7 rings (SSSR count). The molecule has 41 heavy (non-hydrogen) atoms. The number of halogens is 2. The summed E-state index contributed by atoms with van der Waals surface area (Å²) in [5.41, 5.74) is 2.58. The van der Waals surface area contributed by atoms with E-state index in [4.69, 9.17) is 23.2 Å². The van der Waals surface area contributed by atoms with Crippen LogP contribution in [-0.4, -0.2) is 28.7 Å². The van der Waals surface area contributed by atoms with Gasteiger partial charge in [-0.25, -0.2) is 0 Å². The molecule has 2 saturated heterocycles. The highest BCUT2D eigenvalue weighted by molar-refractivity contribution is 6.31. The summed E-state index contributed by atoms with van der Waals surface area (Å²) in [6.45, 7) is 0. The number of aromatic hydroxyl groups is 1. The van der Waals surface area contributed by atoms with E-state index < -0.39 is 35.5 Å². The maximum Gasteiger partial charge on any atom is 0.238 e. The molecule has 9 heteroatoms. The van der Waals surface area contributed by atoms with E-state index in [2.05, 4.69) is 0 Å². The van der Waals surface area contributed by atoms with Crippen molar-refractivity contribution in [3.63, 3.8) is 0 Å². The first-order chi connectivity index (χ1) is 19.7. The van der Waals surface area contributed by atoms with E-state index in [1.165, 1.54) is 9.80 Å². The second kappa shape index (κ2) is 9.57. The number of imide groups is 2. The third-order valence-corrected chi connectivity index (χ3v) is 9.57. The van der Waals surface area contributed by atoms with Gasteiger partial charge in [-0.3, -0.25) is 29.0 Å². The van der Waals surface area contributed by atoms with Crippen molar-refractivity contribution in [2.24, 2.45) is 29.6 Å². The first-order valence-corrected chi connectivity index (χ1v) is 14.3. The highest BCUT2D eigenvalue weighted by Crippen LogP contribution is 2.58. The molecule has 0 spiro atoms. The van der Waals surface area contributed by atoms with Crippen molar-refractivity contribution in [3.8, 4) is 5.75 Å². The standard InChI is InChI=1S/C32H24Cl2N2O5/c33-17-3-7-19(8-4-17)35-29(38)23-14-13-22-24(27(23)31(35)40)15-25-28(26(22)16-1-11-21(37)12-2-16)32(41)36(30(25)39)20-9-5-18(34)6-10-20/h1-13,23-28,37H,14-15H2/t23-,24+,25+,26-,27-,28+/m0/s1. The summed E-state index contributed by atoms with van der Waals surface area (Å²) in [4.78, 5) is 58.0. The molecule has 2 aliphatic heterocycles. The molecule has 3 aromatic rings. The molecular weight excluding hydrogens is 563 g/mol. The largest absolute Gasteiger partial charge is 0.508 e. The Bertz CT molecular complexity index is 1630. The Hall–Kier alpha value is -3.94. The number of hydrogen-bond donors (Lipinski definition) is 1. The van der Waals surface area contributed by atoms with Gasteiger partial charge >= 0.3 is 0 Å². The fraction of sp³-hybridized carbons (Fsp3) is 0.250. The van der Waals surface area contributed by atoms with Crippen LogP contribution in [0.5, 0.6) is 5.75 Å². The molecule has 1 N–H and O–H groups in total. The molecule has 4 aliphatic rings. The summed E-state index contributed by atoms with van der Waals surface area (Å²) in [7, 11) is 0. The van der Waals surface area contributed by atoms with Crippen LogP contribution in [0.3, 0.4) is 0 Å². The first kappa shape index (κ1) is 26.0. The molecule has 3 aromatic carbocycles. The maximum atomic E-state index is 14.0. The molecule has 2 aliphatic carbocycles. The third-order valence-electron chi connectivity index (χ3n) is 9.07. The van der Waals surface area contributed by atoms with Crippen LogP contribution in [-0.2, 0) is 19.2 Å². The van der Waals surface area contributed by atoms with Gasteiger partial charge in [-0.1, -0.05) is 47.0 Å². The summed E-state index contributed by atoms with van der Waals surface area (Å²) in [5.74, 6) is -4.55. The number of amides is 4. The molecule has 206 valence electrons. The summed E-state index contributed by atoms with van der Waals surface area (Å²) in [6.07, 6.45) is 2.65. The van der Waals surface area contributed by atoms with Gasteiger partial charge in [0.15, 0.2) is 0 Å². The number of benzene rings is 3. The van der Waals surface area contributed by atoms with Crippen molar-refractivity contribution in [3.05, 3.63) is 100 Å². The van der Waals surface area contributed by atoms with Crippen LogP contribution in [0.15, 0.2) is 84.4 Å². The monoisotopic (exact) mass is 586 g/mol. The van der Waals surface area contributed by atoms with Crippen molar-refractivity contribution >= 4 is 58.2 Å². The number of allylic oxidation sites excluding steroid dienone is 2. The lowest BCUT2D eigenvalue weighted by atomic mass is 9.57. The molecule has 0 bridgehead atoms. The van der Waals surface area contributed by atoms with Gasteiger partial charge in [-0.05, 0) is 85.0 Å². The van der Waals surface area contributed by atoms with Crippen LogP contribution in [0.25, 0.3) is 0 Å². The number of carbonyl (C=O) groups excluding carboxylic acids is 4. The fourth-order valence-corrected chi connectivity index (χ4v) is 7.59. The number of hydrogen-bond acceptors (Lipinski definition) is 5. The van der Waals surface area contributed by atoms with E-state index in [0.29, 0.717) is 27.8 Å². The van der Waals surface area contributed by atoms with Gasteiger partial charge in [-0.15, -0.1) is 0 Å². The Balaban J connectivity index is 1.32. The Morgan fingerprint density at radius 3 is 1.68 bits per heavy atom. The zero-order chi connectivity index (χ0) is 28.6. The molecule has 1 saturated carbocycles. The minimum Gasteiger partial charge on any atom is -0.508 e. The predicted molar refractivity (Wildman–Crippen MR) is 154 cm³/mol. The summed E-state index contributed by atoms with van der Waals surface area (Å²) in [5, 5.41) is 11.0. The van der Waals surface area contributed by atoms with Crippen LogP contribution < -0.4 is 9.80 Å². The molecule has 6 atom stereocenters. The zero-order valence-corrected chi connectivity index (χ0v) is 23.1. The van der Waals surface area contributed by atoms with Gasteiger partial charge in [0.1, 0.15) is 5.75 Å². The van der Waals surface area contributed by atoms with Crippen LogP contribution in [0.1, 0.15) is 24.3 Å². The number of phenolic OH excluding ortho intramolecular Hbond substituents is 1. The van der Waals surface area contributed by atoms with Crippen LogP contribution >= 0.6 is 23.2 Å². The van der Waals surface area contributed by atoms with Crippen molar-refractivity contribution in [1.82, 2.24) is 0 Å². The molecule has 2 heterocycles. The number of rotatable bonds is 3.